The van der Waals surface area contributed by atoms with Crippen LogP contribution in [0.25, 0.3) is 0 Å². The third-order valence-electron chi connectivity index (χ3n) is 4.35. The maximum absolute atomic E-state index is 13.0. The van der Waals surface area contributed by atoms with Gasteiger partial charge in [0.25, 0.3) is 5.91 Å². The van der Waals surface area contributed by atoms with Crippen LogP contribution in [0.3, 0.4) is 0 Å². The number of benzene rings is 2. The van der Waals surface area contributed by atoms with Gasteiger partial charge in [-0.15, -0.1) is 6.58 Å². The Bertz CT molecular complexity index is 990. The second-order valence-electron chi connectivity index (χ2n) is 6.26. The Hall–Kier alpha value is -2.97. The van der Waals surface area contributed by atoms with Crippen LogP contribution in [0.1, 0.15) is 10.4 Å². The molecule has 2 aromatic carbocycles. The van der Waals surface area contributed by atoms with Crippen molar-refractivity contribution in [2.24, 2.45) is 0 Å². The molecule has 0 atom stereocenters. The molecule has 1 saturated heterocycles. The van der Waals surface area contributed by atoms with Gasteiger partial charge in [0.05, 0.1) is 11.4 Å². The van der Waals surface area contributed by atoms with E-state index in [9.17, 15) is 18.0 Å². The van der Waals surface area contributed by atoms with Gasteiger partial charge in [-0.3, -0.25) is 9.59 Å². The minimum Gasteiger partial charge on any atom is -0.354 e. The largest absolute Gasteiger partial charge is 0.354 e. The number of carbonyl (C=O) groups is 2. The first kappa shape index (κ1) is 19.8. The van der Waals surface area contributed by atoms with Crippen LogP contribution >= 0.6 is 0 Å². The van der Waals surface area contributed by atoms with Crippen molar-refractivity contribution in [3.63, 3.8) is 0 Å². The number of rotatable bonds is 6. The summed E-state index contributed by atoms with van der Waals surface area (Å²) in [5, 5.41) is 2.60. The Morgan fingerprint density at radius 3 is 2.61 bits per heavy atom. The van der Waals surface area contributed by atoms with Crippen molar-refractivity contribution in [2.45, 2.75) is 4.90 Å². The average molecular weight is 399 g/mol. The summed E-state index contributed by atoms with van der Waals surface area (Å²) in [6.45, 7) is 4.20. The molecule has 1 heterocycles. The van der Waals surface area contributed by atoms with Crippen molar-refractivity contribution in [1.82, 2.24) is 9.62 Å². The molecule has 0 aliphatic carbocycles. The van der Waals surface area contributed by atoms with E-state index < -0.39 is 10.0 Å². The summed E-state index contributed by atoms with van der Waals surface area (Å²) in [7, 11) is -3.87. The Morgan fingerprint density at radius 2 is 1.93 bits per heavy atom. The van der Waals surface area contributed by atoms with Gasteiger partial charge >= 0.3 is 0 Å². The van der Waals surface area contributed by atoms with Gasteiger partial charge in [-0.1, -0.05) is 30.3 Å². The number of nitrogens with one attached hydrogen (secondary N) is 1. The lowest BCUT2D eigenvalue weighted by atomic mass is 10.1. The lowest BCUT2D eigenvalue weighted by molar-refractivity contribution is -0.122. The average Bonchev–Trinajstić information content (AvgIpc) is 2.72. The van der Waals surface area contributed by atoms with Crippen molar-refractivity contribution in [3.8, 4) is 0 Å². The maximum Gasteiger partial charge on any atom is 0.258 e. The lowest BCUT2D eigenvalue weighted by Gasteiger charge is -2.26. The van der Waals surface area contributed by atoms with Crippen LogP contribution in [0, 0.1) is 0 Å². The molecule has 0 radical (unpaired) electrons. The minimum absolute atomic E-state index is 0.0142. The smallest absolute Gasteiger partial charge is 0.258 e. The predicted molar refractivity (Wildman–Crippen MR) is 107 cm³/mol. The zero-order valence-electron chi connectivity index (χ0n) is 15.2. The number of carbonyl (C=O) groups excluding carboxylic acids is 2. The van der Waals surface area contributed by atoms with Crippen LogP contribution in [-0.2, 0) is 14.8 Å². The number of sulfonamides is 1. The molecule has 0 saturated carbocycles. The van der Waals surface area contributed by atoms with Gasteiger partial charge in [-0.05, 0) is 30.3 Å². The summed E-state index contributed by atoms with van der Waals surface area (Å²) in [5.74, 6) is -0.678. The Morgan fingerprint density at radius 1 is 1.18 bits per heavy atom. The molecule has 2 amide bonds. The number of nitrogens with zero attached hydrogens (tertiary/aromatic N) is 2. The van der Waals surface area contributed by atoms with E-state index in [0.717, 1.165) is 4.31 Å². The van der Waals surface area contributed by atoms with Crippen molar-refractivity contribution in [3.05, 3.63) is 72.8 Å². The fourth-order valence-electron chi connectivity index (χ4n) is 2.96. The molecular weight excluding hydrogens is 378 g/mol. The van der Waals surface area contributed by atoms with Crippen molar-refractivity contribution < 1.29 is 18.0 Å². The summed E-state index contributed by atoms with van der Waals surface area (Å²) in [4.78, 5) is 26.1. The van der Waals surface area contributed by atoms with Gasteiger partial charge in [-0.25, -0.2) is 8.42 Å². The lowest BCUT2D eigenvalue weighted by Crippen LogP contribution is -2.49. The van der Waals surface area contributed by atoms with Gasteiger partial charge in [0.15, 0.2) is 0 Å². The van der Waals surface area contributed by atoms with E-state index in [1.54, 1.807) is 24.3 Å². The van der Waals surface area contributed by atoms with Crippen LogP contribution in [0.2, 0.25) is 0 Å². The maximum atomic E-state index is 13.0. The topological polar surface area (TPSA) is 86.8 Å². The molecule has 1 aliphatic heterocycles. The molecule has 3 rings (SSSR count). The van der Waals surface area contributed by atoms with E-state index in [2.05, 4.69) is 11.9 Å². The molecule has 2 aromatic rings. The summed E-state index contributed by atoms with van der Waals surface area (Å²) in [5.41, 5.74) is 0.932. The van der Waals surface area contributed by atoms with Crippen LogP contribution in [0.15, 0.2) is 72.1 Å². The van der Waals surface area contributed by atoms with Gasteiger partial charge in [0.2, 0.25) is 15.9 Å². The molecule has 8 heteroatoms. The molecule has 7 nitrogen and oxygen atoms in total. The van der Waals surface area contributed by atoms with Crippen molar-refractivity contribution in [2.75, 3.05) is 31.1 Å². The Balaban J connectivity index is 1.92. The highest BCUT2D eigenvalue weighted by Gasteiger charge is 2.30. The number of piperazine rings is 1. The third-order valence-corrected chi connectivity index (χ3v) is 6.19. The van der Waals surface area contributed by atoms with Gasteiger partial charge in [0, 0.05) is 30.9 Å². The molecule has 28 heavy (non-hydrogen) atoms. The SMILES string of the molecule is C=CCN(C(=O)c1cccc(S(=O)(=O)N2CCNC(=O)C2)c1)c1ccccc1. The molecular formula is C20H21N3O4S. The first-order valence-electron chi connectivity index (χ1n) is 8.78. The molecule has 1 aliphatic rings. The molecule has 0 aromatic heterocycles. The first-order valence-corrected chi connectivity index (χ1v) is 10.2. The van der Waals surface area contributed by atoms with E-state index in [1.165, 1.54) is 23.1 Å². The number of para-hydroxylation sites is 1. The summed E-state index contributed by atoms with van der Waals surface area (Å²) >= 11 is 0. The normalized spacial score (nSPS) is 14.9. The number of hydrogen-bond donors (Lipinski definition) is 1. The number of anilines is 1. The first-order chi connectivity index (χ1) is 13.4. The summed E-state index contributed by atoms with van der Waals surface area (Å²) < 4.78 is 26.9. The Kier molecular flexibility index (Phi) is 5.91. The van der Waals surface area contributed by atoms with Crippen molar-refractivity contribution >= 4 is 27.5 Å². The summed E-state index contributed by atoms with van der Waals surface area (Å²) in [6, 6.07) is 15.0. The zero-order valence-corrected chi connectivity index (χ0v) is 16.1. The second kappa shape index (κ2) is 8.37. The highest BCUT2D eigenvalue weighted by Crippen LogP contribution is 2.21. The third kappa shape index (κ3) is 4.13. The fourth-order valence-corrected chi connectivity index (χ4v) is 4.40. The van der Waals surface area contributed by atoms with Gasteiger partial charge < -0.3 is 10.2 Å². The zero-order chi connectivity index (χ0) is 20.1. The highest BCUT2D eigenvalue weighted by molar-refractivity contribution is 7.89. The molecule has 1 N–H and O–H groups in total. The molecule has 0 spiro atoms. The van der Waals surface area contributed by atoms with E-state index in [1.807, 2.05) is 18.2 Å². The van der Waals surface area contributed by atoms with Crippen LogP contribution in [0.4, 0.5) is 5.69 Å². The quantitative estimate of drug-likeness (QED) is 0.748. The van der Waals surface area contributed by atoms with Crippen molar-refractivity contribution in [1.29, 1.82) is 0 Å². The monoisotopic (exact) mass is 399 g/mol. The minimum atomic E-state index is -3.87. The van der Waals surface area contributed by atoms with Crippen LogP contribution < -0.4 is 10.2 Å². The van der Waals surface area contributed by atoms with Crippen LogP contribution in [-0.4, -0.2) is 50.7 Å². The predicted octanol–water partition coefficient (Wildman–Crippen LogP) is 1.64. The standard InChI is InChI=1S/C20H21N3O4S/c1-2-12-23(17-8-4-3-5-9-17)20(25)16-7-6-10-18(14-16)28(26,27)22-13-11-21-19(24)15-22/h2-10,14H,1,11-13,15H2,(H,21,24). The van der Waals surface area contributed by atoms with E-state index in [-0.39, 0.29) is 48.5 Å². The Labute approximate surface area is 164 Å². The van der Waals surface area contributed by atoms with Crippen LogP contribution in [0.5, 0.6) is 0 Å². The molecule has 0 unspecified atom stereocenters. The highest BCUT2D eigenvalue weighted by atomic mass is 32.2. The van der Waals surface area contributed by atoms with Gasteiger partial charge in [0.1, 0.15) is 0 Å². The second-order valence-corrected chi connectivity index (χ2v) is 8.19. The molecule has 0 bridgehead atoms. The molecule has 146 valence electrons. The molecule has 1 fully saturated rings. The summed E-state index contributed by atoms with van der Waals surface area (Å²) in [6.07, 6.45) is 1.61. The van der Waals surface area contributed by atoms with E-state index >= 15 is 0 Å². The fraction of sp³-hybridized carbons (Fsp3) is 0.200. The van der Waals surface area contributed by atoms with E-state index in [0.29, 0.717) is 5.69 Å². The number of amides is 2. The van der Waals surface area contributed by atoms with Gasteiger partial charge in [-0.2, -0.15) is 4.31 Å². The number of hydrogen-bond acceptors (Lipinski definition) is 4. The van der Waals surface area contributed by atoms with E-state index in [4.69, 9.17) is 0 Å².